The Morgan fingerprint density at radius 2 is 1.09 bits per heavy atom. The van der Waals surface area contributed by atoms with Crippen molar-refractivity contribution in [1.29, 1.82) is 0 Å². The molecule has 0 heterocycles. The summed E-state index contributed by atoms with van der Waals surface area (Å²) in [5.74, 6) is -0.168. The van der Waals surface area contributed by atoms with E-state index in [1.165, 1.54) is 109 Å². The van der Waals surface area contributed by atoms with Crippen LogP contribution in [0.5, 0.6) is 0 Å². The Labute approximate surface area is 279 Å². The van der Waals surface area contributed by atoms with Gasteiger partial charge in [0.05, 0.1) is 39.9 Å². The molecule has 0 aliphatic rings. The fourth-order valence-corrected chi connectivity index (χ4v) is 6.23. The van der Waals surface area contributed by atoms with Gasteiger partial charge in [0.15, 0.2) is 0 Å². The van der Waals surface area contributed by atoms with Gasteiger partial charge in [-0.2, -0.15) is 0 Å². The molecule has 1 unspecified atom stereocenters. The van der Waals surface area contributed by atoms with Crippen LogP contribution in [0.25, 0.3) is 0 Å². The molecule has 0 saturated heterocycles. The van der Waals surface area contributed by atoms with Gasteiger partial charge >= 0.3 is 0 Å². The molecular formula is C36H75N2O6P. The van der Waals surface area contributed by atoms with Crippen LogP contribution in [0.4, 0.5) is 0 Å². The lowest BCUT2D eigenvalue weighted by Crippen LogP contribution is -2.46. The number of nitrogens with one attached hydrogen (secondary N) is 1. The minimum Gasteiger partial charge on any atom is -0.756 e. The first-order valence-corrected chi connectivity index (χ1v) is 20.3. The normalized spacial score (nSPS) is 14.7. The molecule has 0 aromatic rings. The fourth-order valence-electron chi connectivity index (χ4n) is 5.51. The molecule has 45 heavy (non-hydrogen) atoms. The second kappa shape index (κ2) is 29.6. The van der Waals surface area contributed by atoms with Gasteiger partial charge in [0, 0.05) is 6.42 Å². The van der Waals surface area contributed by atoms with Gasteiger partial charge in [-0.05, 0) is 12.8 Å². The Morgan fingerprint density at radius 1 is 0.689 bits per heavy atom. The molecule has 0 aliphatic heterocycles. The van der Waals surface area contributed by atoms with Crippen LogP contribution in [0, 0.1) is 0 Å². The summed E-state index contributed by atoms with van der Waals surface area (Å²) in [6, 6.07) is -0.790. The van der Waals surface area contributed by atoms with E-state index < -0.39 is 20.0 Å². The number of hydrogen-bond acceptors (Lipinski definition) is 6. The second-order valence-electron chi connectivity index (χ2n) is 14.3. The third-order valence-corrected chi connectivity index (χ3v) is 9.56. The van der Waals surface area contributed by atoms with Crippen LogP contribution < -0.4 is 10.2 Å². The molecule has 0 aromatic heterocycles. The predicted molar refractivity (Wildman–Crippen MR) is 187 cm³/mol. The molecule has 2 N–H and O–H groups in total. The lowest BCUT2D eigenvalue weighted by Gasteiger charge is -2.30. The van der Waals surface area contributed by atoms with Crippen LogP contribution in [0.15, 0.2) is 0 Å². The third-order valence-electron chi connectivity index (χ3n) is 8.60. The maximum absolute atomic E-state index is 12.7. The van der Waals surface area contributed by atoms with Crippen LogP contribution in [-0.4, -0.2) is 68.5 Å². The van der Waals surface area contributed by atoms with E-state index >= 15 is 0 Å². The number of phosphoric ester groups is 1. The number of carbonyl (C=O) groups excluding carboxylic acids is 1. The van der Waals surface area contributed by atoms with Gasteiger partial charge in [0.25, 0.3) is 7.82 Å². The van der Waals surface area contributed by atoms with Crippen molar-refractivity contribution in [3.63, 3.8) is 0 Å². The van der Waals surface area contributed by atoms with Crippen LogP contribution in [-0.2, 0) is 18.4 Å². The Balaban J connectivity index is 4.44. The van der Waals surface area contributed by atoms with Gasteiger partial charge in [0.1, 0.15) is 13.2 Å². The minimum atomic E-state index is -4.54. The summed E-state index contributed by atoms with van der Waals surface area (Å²) in [4.78, 5) is 25.1. The standard InChI is InChI=1S/C36H75N2O6P/c1-6-8-10-12-14-16-17-18-19-20-22-23-25-27-29-35(39)34(33-44-45(41,42)43-32-31-38(3,4)5)37-36(40)30-28-26-24-21-15-13-11-9-7-2/h34-35,39H,6-33H2,1-5H3,(H-,37,40,41,42)/t34-,35+/m0/s1. The number of nitrogens with zero attached hydrogens (tertiary/aromatic N) is 1. The van der Waals surface area contributed by atoms with E-state index in [1.54, 1.807) is 0 Å². The van der Waals surface area contributed by atoms with E-state index in [1.807, 2.05) is 21.1 Å². The van der Waals surface area contributed by atoms with Crippen LogP contribution in [0.2, 0.25) is 0 Å². The molecular weight excluding hydrogens is 587 g/mol. The number of likely N-dealkylation sites (N-methyl/N-ethyl adjacent to an activating group) is 1. The van der Waals surface area contributed by atoms with Gasteiger partial charge in [-0.25, -0.2) is 0 Å². The molecule has 0 radical (unpaired) electrons. The van der Waals surface area contributed by atoms with Crippen molar-refractivity contribution >= 4 is 13.7 Å². The Kier molecular flexibility index (Phi) is 29.3. The molecule has 0 aromatic carbocycles. The molecule has 270 valence electrons. The van der Waals surface area contributed by atoms with Crippen molar-refractivity contribution in [2.24, 2.45) is 0 Å². The van der Waals surface area contributed by atoms with E-state index in [9.17, 15) is 19.4 Å². The van der Waals surface area contributed by atoms with E-state index in [0.717, 1.165) is 38.5 Å². The molecule has 0 spiro atoms. The molecule has 8 nitrogen and oxygen atoms in total. The first-order chi connectivity index (χ1) is 21.5. The average molecular weight is 663 g/mol. The van der Waals surface area contributed by atoms with Crippen LogP contribution in [0.3, 0.4) is 0 Å². The SMILES string of the molecule is CCCCCCCCCCCCCCCC[C@@H](O)[C@H](COP(=O)([O-])OCC[N+](C)(C)C)NC(=O)CCCCCCCCCCC. The van der Waals surface area contributed by atoms with Gasteiger partial charge < -0.3 is 28.8 Å². The minimum absolute atomic E-state index is 0.0154. The summed E-state index contributed by atoms with van der Waals surface area (Å²) in [6.45, 7) is 4.68. The van der Waals surface area contributed by atoms with E-state index in [0.29, 0.717) is 23.9 Å². The van der Waals surface area contributed by atoms with Gasteiger partial charge in [-0.3, -0.25) is 9.36 Å². The maximum Gasteiger partial charge on any atom is 0.268 e. The fraction of sp³-hybridized carbons (Fsp3) is 0.972. The largest absolute Gasteiger partial charge is 0.756 e. The topological polar surface area (TPSA) is 108 Å². The zero-order valence-corrected chi connectivity index (χ0v) is 31.2. The first-order valence-electron chi connectivity index (χ1n) is 18.9. The first kappa shape index (κ1) is 44.5. The molecule has 0 rings (SSSR count). The van der Waals surface area contributed by atoms with Crippen LogP contribution in [0.1, 0.15) is 174 Å². The molecule has 9 heteroatoms. The van der Waals surface area contributed by atoms with Crippen LogP contribution >= 0.6 is 7.82 Å². The molecule has 3 atom stereocenters. The van der Waals surface area contributed by atoms with Gasteiger partial charge in [0.2, 0.25) is 5.91 Å². The monoisotopic (exact) mass is 663 g/mol. The number of hydrogen-bond donors (Lipinski definition) is 2. The number of amides is 1. The molecule has 1 amide bonds. The summed E-state index contributed by atoms with van der Waals surface area (Å²) in [5.41, 5.74) is 0. The smallest absolute Gasteiger partial charge is 0.268 e. The Bertz CT molecular complexity index is 718. The Hall–Kier alpha value is -0.500. The van der Waals surface area contributed by atoms with Crippen molar-refractivity contribution in [2.45, 2.75) is 187 Å². The van der Waals surface area contributed by atoms with E-state index in [2.05, 4.69) is 19.2 Å². The zero-order chi connectivity index (χ0) is 33.7. The average Bonchev–Trinajstić information content (AvgIpc) is 2.97. The highest BCUT2D eigenvalue weighted by molar-refractivity contribution is 7.45. The molecule has 0 aliphatic carbocycles. The summed E-state index contributed by atoms with van der Waals surface area (Å²) < 4.78 is 23.1. The van der Waals surface area contributed by atoms with Crippen molar-refractivity contribution in [3.05, 3.63) is 0 Å². The van der Waals surface area contributed by atoms with E-state index in [-0.39, 0.29) is 19.1 Å². The Morgan fingerprint density at radius 3 is 1.51 bits per heavy atom. The number of quaternary nitrogens is 1. The van der Waals surface area contributed by atoms with Crippen molar-refractivity contribution in [2.75, 3.05) is 40.9 Å². The molecule has 0 bridgehead atoms. The number of unbranched alkanes of at least 4 members (excludes halogenated alkanes) is 21. The number of aliphatic hydroxyl groups excluding tert-OH is 1. The summed E-state index contributed by atoms with van der Waals surface area (Å²) >= 11 is 0. The maximum atomic E-state index is 12.7. The summed E-state index contributed by atoms with van der Waals surface area (Å²) in [5, 5.41) is 13.8. The highest BCUT2D eigenvalue weighted by atomic mass is 31.2. The van der Waals surface area contributed by atoms with Crippen molar-refractivity contribution in [1.82, 2.24) is 5.32 Å². The second-order valence-corrected chi connectivity index (χ2v) is 15.7. The van der Waals surface area contributed by atoms with Gasteiger partial charge in [-0.1, -0.05) is 155 Å². The zero-order valence-electron chi connectivity index (χ0n) is 30.3. The quantitative estimate of drug-likeness (QED) is 0.0405. The highest BCUT2D eigenvalue weighted by Crippen LogP contribution is 2.38. The molecule has 0 saturated carbocycles. The number of phosphoric acid groups is 1. The highest BCUT2D eigenvalue weighted by Gasteiger charge is 2.24. The summed E-state index contributed by atoms with van der Waals surface area (Å²) in [6.07, 6.45) is 28.1. The molecule has 0 fully saturated rings. The lowest BCUT2D eigenvalue weighted by atomic mass is 10.0. The van der Waals surface area contributed by atoms with Crippen molar-refractivity contribution in [3.8, 4) is 0 Å². The number of carbonyl (C=O) groups is 1. The lowest BCUT2D eigenvalue weighted by molar-refractivity contribution is -0.870. The van der Waals surface area contributed by atoms with E-state index in [4.69, 9.17) is 9.05 Å². The predicted octanol–water partition coefficient (Wildman–Crippen LogP) is 8.83. The third kappa shape index (κ3) is 31.8. The van der Waals surface area contributed by atoms with Gasteiger partial charge in [-0.15, -0.1) is 0 Å². The summed E-state index contributed by atoms with van der Waals surface area (Å²) in [7, 11) is 1.31. The number of rotatable bonds is 34. The van der Waals surface area contributed by atoms with Crippen molar-refractivity contribution < 1.29 is 32.9 Å². The number of aliphatic hydroxyl groups is 1.